The van der Waals surface area contributed by atoms with Crippen molar-refractivity contribution < 1.29 is 4.39 Å². The Morgan fingerprint density at radius 1 is 1.31 bits per heavy atom. The highest BCUT2D eigenvalue weighted by Gasteiger charge is 2.12. The molecular weight excluding hydrogens is 353 g/mol. The number of hydrogen-bond acceptors (Lipinski definition) is 5. The van der Waals surface area contributed by atoms with Crippen LogP contribution in [0.2, 0.25) is 0 Å². The zero-order valence-corrected chi connectivity index (χ0v) is 15.8. The number of halogens is 1. The molecule has 0 amide bonds. The van der Waals surface area contributed by atoms with Crippen molar-refractivity contribution in [1.82, 2.24) is 24.3 Å². The van der Waals surface area contributed by atoms with E-state index in [-0.39, 0.29) is 11.4 Å². The standard InChI is InChI=1S/C18H20FN5OS/c1-4-26-18-21-17(25)14(8-16-20-11-23(3)22-16)10-24(18)9-13-6-5-12(2)15(19)7-13/h5-7,10-11H,4,8-9H2,1-3H3. The van der Waals surface area contributed by atoms with E-state index in [0.717, 1.165) is 11.3 Å². The molecule has 0 fully saturated rings. The Hall–Kier alpha value is -2.48. The van der Waals surface area contributed by atoms with E-state index in [1.165, 1.54) is 17.8 Å². The second-order valence-electron chi connectivity index (χ2n) is 6.01. The van der Waals surface area contributed by atoms with Crippen molar-refractivity contribution in [2.45, 2.75) is 32.0 Å². The van der Waals surface area contributed by atoms with Gasteiger partial charge in [-0.2, -0.15) is 10.1 Å². The minimum absolute atomic E-state index is 0.237. The van der Waals surface area contributed by atoms with Crippen LogP contribution in [0.15, 0.2) is 40.7 Å². The highest BCUT2D eigenvalue weighted by atomic mass is 32.2. The number of aromatic nitrogens is 5. The first-order valence-electron chi connectivity index (χ1n) is 8.29. The fourth-order valence-corrected chi connectivity index (χ4v) is 3.26. The third kappa shape index (κ3) is 4.19. The van der Waals surface area contributed by atoms with Crippen LogP contribution in [-0.4, -0.2) is 30.1 Å². The van der Waals surface area contributed by atoms with Crippen LogP contribution < -0.4 is 5.56 Å². The average Bonchev–Trinajstić information content (AvgIpc) is 3.00. The second kappa shape index (κ2) is 7.82. The second-order valence-corrected chi connectivity index (χ2v) is 7.24. The molecule has 0 aliphatic heterocycles. The smallest absolute Gasteiger partial charge is 0.277 e. The van der Waals surface area contributed by atoms with E-state index < -0.39 is 0 Å². The predicted octanol–water partition coefficient (Wildman–Crippen LogP) is 2.57. The van der Waals surface area contributed by atoms with Crippen LogP contribution in [0.4, 0.5) is 4.39 Å². The minimum atomic E-state index is -0.278. The largest absolute Gasteiger partial charge is 0.323 e. The molecule has 0 unspecified atom stereocenters. The highest BCUT2D eigenvalue weighted by molar-refractivity contribution is 7.99. The van der Waals surface area contributed by atoms with E-state index in [4.69, 9.17) is 0 Å². The molecule has 3 rings (SSSR count). The van der Waals surface area contributed by atoms with E-state index in [0.29, 0.717) is 35.1 Å². The van der Waals surface area contributed by atoms with E-state index in [2.05, 4.69) is 15.1 Å². The molecule has 26 heavy (non-hydrogen) atoms. The molecule has 6 nitrogen and oxygen atoms in total. The Bertz CT molecular complexity index is 982. The topological polar surface area (TPSA) is 65.6 Å². The number of rotatable bonds is 6. The summed E-state index contributed by atoms with van der Waals surface area (Å²) in [7, 11) is 1.78. The highest BCUT2D eigenvalue weighted by Crippen LogP contribution is 2.17. The van der Waals surface area contributed by atoms with Crippen molar-refractivity contribution >= 4 is 11.8 Å². The summed E-state index contributed by atoms with van der Waals surface area (Å²) in [6, 6.07) is 5.16. The van der Waals surface area contributed by atoms with E-state index in [1.807, 2.05) is 17.6 Å². The van der Waals surface area contributed by atoms with Gasteiger partial charge < -0.3 is 4.57 Å². The number of benzene rings is 1. The molecule has 0 aliphatic rings. The van der Waals surface area contributed by atoms with Gasteiger partial charge >= 0.3 is 0 Å². The lowest BCUT2D eigenvalue weighted by atomic mass is 10.1. The first-order chi connectivity index (χ1) is 12.5. The van der Waals surface area contributed by atoms with Crippen molar-refractivity contribution in [3.8, 4) is 0 Å². The molecule has 0 radical (unpaired) electrons. The molecule has 8 heteroatoms. The van der Waals surface area contributed by atoms with Gasteiger partial charge in [-0.25, -0.2) is 9.37 Å². The Kier molecular flexibility index (Phi) is 5.51. The van der Waals surface area contributed by atoms with Crippen molar-refractivity contribution in [3.63, 3.8) is 0 Å². The van der Waals surface area contributed by atoms with Crippen molar-refractivity contribution in [1.29, 1.82) is 0 Å². The molecule has 0 aliphatic carbocycles. The van der Waals surface area contributed by atoms with Gasteiger partial charge in [0.1, 0.15) is 12.1 Å². The van der Waals surface area contributed by atoms with Gasteiger partial charge in [0.25, 0.3) is 5.56 Å². The van der Waals surface area contributed by atoms with Crippen molar-refractivity contribution in [2.75, 3.05) is 5.75 Å². The Balaban J connectivity index is 1.96. The lowest BCUT2D eigenvalue weighted by molar-refractivity contribution is 0.607. The van der Waals surface area contributed by atoms with Crippen molar-refractivity contribution in [2.24, 2.45) is 7.05 Å². The van der Waals surface area contributed by atoms with Crippen LogP contribution in [0, 0.1) is 12.7 Å². The number of aryl methyl sites for hydroxylation is 2. The monoisotopic (exact) mass is 373 g/mol. The third-order valence-electron chi connectivity index (χ3n) is 3.89. The molecule has 2 heterocycles. The quantitative estimate of drug-likeness (QED) is 0.491. The lowest BCUT2D eigenvalue weighted by Gasteiger charge is -2.13. The average molecular weight is 373 g/mol. The maximum absolute atomic E-state index is 13.9. The summed E-state index contributed by atoms with van der Waals surface area (Å²) < 4.78 is 17.3. The molecule has 0 atom stereocenters. The van der Waals surface area contributed by atoms with Gasteiger partial charge in [-0.05, 0) is 29.9 Å². The van der Waals surface area contributed by atoms with Gasteiger partial charge in [-0.3, -0.25) is 9.48 Å². The summed E-state index contributed by atoms with van der Waals surface area (Å²) in [5, 5.41) is 4.84. The van der Waals surface area contributed by atoms with Gasteiger partial charge in [-0.15, -0.1) is 0 Å². The summed E-state index contributed by atoms with van der Waals surface area (Å²) in [6.07, 6.45) is 3.69. The molecular formula is C18H20FN5OS. The van der Waals surface area contributed by atoms with Crippen LogP contribution in [-0.2, 0) is 20.0 Å². The molecule has 2 aromatic heterocycles. The van der Waals surface area contributed by atoms with Crippen LogP contribution in [0.3, 0.4) is 0 Å². The van der Waals surface area contributed by atoms with Gasteiger partial charge in [0.15, 0.2) is 11.0 Å². The lowest BCUT2D eigenvalue weighted by Crippen LogP contribution is -2.20. The predicted molar refractivity (Wildman–Crippen MR) is 98.9 cm³/mol. The van der Waals surface area contributed by atoms with Gasteiger partial charge in [-0.1, -0.05) is 30.8 Å². The molecule has 1 aromatic carbocycles. The van der Waals surface area contributed by atoms with E-state index >= 15 is 0 Å². The maximum atomic E-state index is 13.9. The zero-order valence-electron chi connectivity index (χ0n) is 14.9. The molecule has 136 valence electrons. The van der Waals surface area contributed by atoms with Gasteiger partial charge in [0, 0.05) is 31.8 Å². The third-order valence-corrected chi connectivity index (χ3v) is 4.76. The summed E-state index contributed by atoms with van der Waals surface area (Å²) in [6.45, 7) is 4.17. The molecule has 3 aromatic rings. The molecule has 0 saturated carbocycles. The fraction of sp³-hybridized carbons (Fsp3) is 0.333. The number of nitrogens with zero attached hydrogens (tertiary/aromatic N) is 5. The molecule has 0 N–H and O–H groups in total. The normalized spacial score (nSPS) is 11.1. The summed E-state index contributed by atoms with van der Waals surface area (Å²) in [5.74, 6) is 1.12. The summed E-state index contributed by atoms with van der Waals surface area (Å²) in [4.78, 5) is 20.8. The SMILES string of the molecule is CCSc1nc(=O)c(Cc2ncn(C)n2)cn1Cc1ccc(C)c(F)c1. The van der Waals surface area contributed by atoms with Crippen LogP contribution in [0.1, 0.15) is 29.4 Å². The van der Waals surface area contributed by atoms with Crippen LogP contribution >= 0.6 is 11.8 Å². The molecule has 0 saturated heterocycles. The fourth-order valence-electron chi connectivity index (χ4n) is 2.57. The Labute approximate surface area is 155 Å². The Morgan fingerprint density at radius 2 is 2.12 bits per heavy atom. The first-order valence-corrected chi connectivity index (χ1v) is 9.27. The number of thioether (sulfide) groups is 1. The first kappa shape index (κ1) is 18.3. The Morgan fingerprint density at radius 3 is 2.77 bits per heavy atom. The van der Waals surface area contributed by atoms with E-state index in [1.54, 1.807) is 37.2 Å². The summed E-state index contributed by atoms with van der Waals surface area (Å²) in [5.41, 5.74) is 1.67. The van der Waals surface area contributed by atoms with Gasteiger partial charge in [0.05, 0.1) is 0 Å². The number of hydrogen-bond donors (Lipinski definition) is 0. The molecule has 0 spiro atoms. The minimum Gasteiger partial charge on any atom is -0.323 e. The maximum Gasteiger partial charge on any atom is 0.277 e. The van der Waals surface area contributed by atoms with E-state index in [9.17, 15) is 9.18 Å². The van der Waals surface area contributed by atoms with Crippen LogP contribution in [0.5, 0.6) is 0 Å². The van der Waals surface area contributed by atoms with Gasteiger partial charge in [0.2, 0.25) is 0 Å². The summed E-state index contributed by atoms with van der Waals surface area (Å²) >= 11 is 1.48. The molecule has 0 bridgehead atoms. The zero-order chi connectivity index (χ0) is 18.7. The van der Waals surface area contributed by atoms with Crippen LogP contribution in [0.25, 0.3) is 0 Å². The van der Waals surface area contributed by atoms with Crippen molar-refractivity contribution in [3.05, 3.63) is 69.4 Å².